The van der Waals surface area contributed by atoms with Gasteiger partial charge < -0.3 is 10.1 Å². The molecule has 0 aromatic carbocycles. The molecule has 4 heteroatoms. The van der Waals surface area contributed by atoms with E-state index in [0.29, 0.717) is 0 Å². The third-order valence-electron chi connectivity index (χ3n) is 3.76. The predicted molar refractivity (Wildman–Crippen MR) is 65.8 cm³/mol. The summed E-state index contributed by atoms with van der Waals surface area (Å²) < 4.78 is 5.37. The van der Waals surface area contributed by atoms with Crippen molar-refractivity contribution in [3.8, 4) is 0 Å². The van der Waals surface area contributed by atoms with Gasteiger partial charge in [0.1, 0.15) is 0 Å². The van der Waals surface area contributed by atoms with Crippen molar-refractivity contribution in [2.75, 3.05) is 59.0 Å². The topological polar surface area (TPSA) is 27.7 Å². The number of nitrogens with zero attached hydrogens (tertiary/aromatic N) is 2. The standard InChI is InChI=1S/C12H25N3O/c1-2-15(12-3-4-13-11-12)6-5-14-7-9-16-10-8-14/h12-13H,2-11H2,1H3. The van der Waals surface area contributed by atoms with E-state index < -0.39 is 0 Å². The number of ether oxygens (including phenoxy) is 1. The van der Waals surface area contributed by atoms with Crippen LogP contribution in [0.2, 0.25) is 0 Å². The maximum Gasteiger partial charge on any atom is 0.0594 e. The Kier molecular flexibility index (Phi) is 5.03. The van der Waals surface area contributed by atoms with Crippen LogP contribution >= 0.6 is 0 Å². The van der Waals surface area contributed by atoms with Crippen molar-refractivity contribution < 1.29 is 4.74 Å². The van der Waals surface area contributed by atoms with Crippen LogP contribution in [0.1, 0.15) is 13.3 Å². The van der Waals surface area contributed by atoms with Crippen LogP contribution < -0.4 is 5.32 Å². The van der Waals surface area contributed by atoms with Crippen LogP contribution in [-0.4, -0.2) is 74.9 Å². The Balaban J connectivity index is 1.69. The van der Waals surface area contributed by atoms with E-state index >= 15 is 0 Å². The van der Waals surface area contributed by atoms with Gasteiger partial charge in [-0.05, 0) is 19.5 Å². The summed E-state index contributed by atoms with van der Waals surface area (Å²) in [5, 5.41) is 3.45. The molecule has 0 aromatic rings. The Morgan fingerprint density at radius 2 is 2.19 bits per heavy atom. The molecule has 2 rings (SSSR count). The summed E-state index contributed by atoms with van der Waals surface area (Å²) in [6.45, 7) is 12.3. The van der Waals surface area contributed by atoms with Crippen LogP contribution in [-0.2, 0) is 4.74 Å². The number of rotatable bonds is 5. The van der Waals surface area contributed by atoms with Gasteiger partial charge in [0, 0.05) is 38.8 Å². The summed E-state index contributed by atoms with van der Waals surface area (Å²) in [7, 11) is 0. The molecule has 1 atom stereocenters. The molecule has 1 unspecified atom stereocenters. The molecule has 2 heterocycles. The normalized spacial score (nSPS) is 27.8. The number of hydrogen-bond donors (Lipinski definition) is 1. The Labute approximate surface area is 98.9 Å². The maximum absolute atomic E-state index is 5.37. The second-order valence-corrected chi connectivity index (χ2v) is 4.73. The van der Waals surface area contributed by atoms with Crippen LogP contribution in [0.5, 0.6) is 0 Å². The highest BCUT2D eigenvalue weighted by Gasteiger charge is 2.21. The highest BCUT2D eigenvalue weighted by molar-refractivity contribution is 4.80. The van der Waals surface area contributed by atoms with Crippen LogP contribution in [0.4, 0.5) is 0 Å². The zero-order valence-electron chi connectivity index (χ0n) is 10.5. The molecule has 94 valence electrons. The average molecular weight is 227 g/mol. The fraction of sp³-hybridized carbons (Fsp3) is 1.00. The second kappa shape index (κ2) is 6.55. The quantitative estimate of drug-likeness (QED) is 0.716. The molecule has 16 heavy (non-hydrogen) atoms. The first-order chi connectivity index (χ1) is 7.90. The SMILES string of the molecule is CCN(CCN1CCOCC1)C1CCNC1. The van der Waals surface area contributed by atoms with E-state index in [1.807, 2.05) is 0 Å². The summed E-state index contributed by atoms with van der Waals surface area (Å²) in [6, 6.07) is 0.769. The highest BCUT2D eigenvalue weighted by atomic mass is 16.5. The van der Waals surface area contributed by atoms with Gasteiger partial charge in [-0.25, -0.2) is 0 Å². The zero-order chi connectivity index (χ0) is 11.2. The van der Waals surface area contributed by atoms with Gasteiger partial charge in [-0.3, -0.25) is 9.80 Å². The Hall–Kier alpha value is -0.160. The lowest BCUT2D eigenvalue weighted by molar-refractivity contribution is 0.0316. The summed E-state index contributed by atoms with van der Waals surface area (Å²) in [4.78, 5) is 5.14. The first-order valence-corrected chi connectivity index (χ1v) is 6.65. The molecule has 2 aliphatic heterocycles. The van der Waals surface area contributed by atoms with Gasteiger partial charge in [-0.15, -0.1) is 0 Å². The molecule has 0 spiro atoms. The third-order valence-corrected chi connectivity index (χ3v) is 3.76. The van der Waals surface area contributed by atoms with Gasteiger partial charge in [0.2, 0.25) is 0 Å². The average Bonchev–Trinajstić information content (AvgIpc) is 2.85. The van der Waals surface area contributed by atoms with E-state index in [1.165, 1.54) is 39.1 Å². The number of hydrogen-bond acceptors (Lipinski definition) is 4. The highest BCUT2D eigenvalue weighted by Crippen LogP contribution is 2.08. The van der Waals surface area contributed by atoms with Crippen molar-refractivity contribution in [1.82, 2.24) is 15.1 Å². The first kappa shape index (κ1) is 12.3. The van der Waals surface area contributed by atoms with Crippen LogP contribution in [0.25, 0.3) is 0 Å². The molecule has 0 aliphatic carbocycles. The minimum Gasteiger partial charge on any atom is -0.379 e. The molecule has 0 bridgehead atoms. The van der Waals surface area contributed by atoms with E-state index in [9.17, 15) is 0 Å². The molecule has 0 radical (unpaired) electrons. The lowest BCUT2D eigenvalue weighted by Gasteiger charge is -2.32. The molecular weight excluding hydrogens is 202 g/mol. The number of nitrogens with one attached hydrogen (secondary N) is 1. The van der Waals surface area contributed by atoms with Crippen LogP contribution in [0.3, 0.4) is 0 Å². The van der Waals surface area contributed by atoms with E-state index in [-0.39, 0.29) is 0 Å². The Morgan fingerprint density at radius 3 is 2.81 bits per heavy atom. The fourth-order valence-corrected chi connectivity index (χ4v) is 2.64. The molecule has 0 saturated carbocycles. The number of morpholine rings is 1. The smallest absolute Gasteiger partial charge is 0.0594 e. The summed E-state index contributed by atoms with van der Waals surface area (Å²) in [5.41, 5.74) is 0. The summed E-state index contributed by atoms with van der Waals surface area (Å²) in [6.07, 6.45) is 1.32. The van der Waals surface area contributed by atoms with Gasteiger partial charge >= 0.3 is 0 Å². The Morgan fingerprint density at radius 1 is 1.38 bits per heavy atom. The van der Waals surface area contributed by atoms with Crippen molar-refractivity contribution in [1.29, 1.82) is 0 Å². The molecular formula is C12H25N3O. The van der Waals surface area contributed by atoms with Crippen molar-refractivity contribution in [3.63, 3.8) is 0 Å². The van der Waals surface area contributed by atoms with Crippen molar-refractivity contribution >= 4 is 0 Å². The minimum absolute atomic E-state index is 0.769. The molecule has 0 aromatic heterocycles. The molecule has 2 fully saturated rings. The summed E-state index contributed by atoms with van der Waals surface area (Å²) in [5.74, 6) is 0. The monoisotopic (exact) mass is 227 g/mol. The maximum atomic E-state index is 5.37. The van der Waals surface area contributed by atoms with Gasteiger partial charge in [0.15, 0.2) is 0 Å². The zero-order valence-corrected chi connectivity index (χ0v) is 10.5. The molecule has 1 N–H and O–H groups in total. The van der Waals surface area contributed by atoms with Crippen molar-refractivity contribution in [2.24, 2.45) is 0 Å². The van der Waals surface area contributed by atoms with E-state index in [4.69, 9.17) is 4.74 Å². The lowest BCUT2D eigenvalue weighted by Crippen LogP contribution is -2.44. The largest absolute Gasteiger partial charge is 0.379 e. The van der Waals surface area contributed by atoms with Gasteiger partial charge in [-0.1, -0.05) is 6.92 Å². The van der Waals surface area contributed by atoms with Crippen LogP contribution in [0.15, 0.2) is 0 Å². The van der Waals surface area contributed by atoms with Crippen LogP contribution in [0, 0.1) is 0 Å². The van der Waals surface area contributed by atoms with Gasteiger partial charge in [0.25, 0.3) is 0 Å². The Bertz CT molecular complexity index is 189. The van der Waals surface area contributed by atoms with Gasteiger partial charge in [-0.2, -0.15) is 0 Å². The van der Waals surface area contributed by atoms with E-state index in [2.05, 4.69) is 22.0 Å². The molecule has 2 aliphatic rings. The third kappa shape index (κ3) is 3.42. The molecule has 2 saturated heterocycles. The lowest BCUT2D eigenvalue weighted by atomic mass is 10.2. The molecule has 0 amide bonds. The molecule has 4 nitrogen and oxygen atoms in total. The number of likely N-dealkylation sites (N-methyl/N-ethyl adjacent to an activating group) is 1. The second-order valence-electron chi connectivity index (χ2n) is 4.73. The van der Waals surface area contributed by atoms with Crippen molar-refractivity contribution in [3.05, 3.63) is 0 Å². The van der Waals surface area contributed by atoms with Gasteiger partial charge in [0.05, 0.1) is 13.2 Å². The fourth-order valence-electron chi connectivity index (χ4n) is 2.64. The predicted octanol–water partition coefficient (Wildman–Crippen LogP) is 0.00240. The van der Waals surface area contributed by atoms with E-state index in [0.717, 1.165) is 32.3 Å². The van der Waals surface area contributed by atoms with E-state index in [1.54, 1.807) is 0 Å². The van der Waals surface area contributed by atoms with Crippen molar-refractivity contribution in [2.45, 2.75) is 19.4 Å². The first-order valence-electron chi connectivity index (χ1n) is 6.65. The summed E-state index contributed by atoms with van der Waals surface area (Å²) >= 11 is 0. The minimum atomic E-state index is 0.769.